The zero-order valence-electron chi connectivity index (χ0n) is 18.3. The topological polar surface area (TPSA) is 80.1 Å². The molecule has 32 heavy (non-hydrogen) atoms. The summed E-state index contributed by atoms with van der Waals surface area (Å²) in [6.07, 6.45) is 1.98. The first-order chi connectivity index (χ1) is 15.6. The van der Waals surface area contributed by atoms with Crippen LogP contribution in [0.15, 0.2) is 59.8 Å². The molecule has 2 aromatic carbocycles. The first-order valence-corrected chi connectivity index (χ1v) is 11.9. The lowest BCUT2D eigenvalue weighted by molar-refractivity contribution is -0.116. The number of amides is 2. The Morgan fingerprint density at radius 2 is 1.84 bits per heavy atom. The molecule has 1 aliphatic heterocycles. The Balaban J connectivity index is 1.42. The molecule has 166 valence electrons. The van der Waals surface area contributed by atoms with Crippen LogP contribution in [0.5, 0.6) is 0 Å². The van der Waals surface area contributed by atoms with Crippen molar-refractivity contribution >= 4 is 29.3 Å². The second kappa shape index (κ2) is 9.99. The lowest BCUT2D eigenvalue weighted by atomic mass is 10.0. The quantitative estimate of drug-likeness (QED) is 0.554. The summed E-state index contributed by atoms with van der Waals surface area (Å²) in [6.45, 7) is 5.29. The second-order valence-electron chi connectivity index (χ2n) is 7.71. The minimum Gasteiger partial charge on any atom is -0.342 e. The zero-order valence-corrected chi connectivity index (χ0v) is 19.1. The number of carbonyl (C=O) groups is 2. The Bertz CT molecular complexity index is 1100. The molecule has 0 fully saturated rings. The summed E-state index contributed by atoms with van der Waals surface area (Å²) in [5.74, 6) is 0.878. The molecule has 7 nitrogen and oxygen atoms in total. The maximum atomic E-state index is 13.0. The Labute approximate surface area is 192 Å². The number of anilines is 1. The molecule has 0 aliphatic carbocycles. The van der Waals surface area contributed by atoms with Crippen LogP contribution in [-0.2, 0) is 17.8 Å². The number of nitrogens with zero attached hydrogens (tertiary/aromatic N) is 4. The minimum absolute atomic E-state index is 0.0692. The third-order valence-electron chi connectivity index (χ3n) is 5.57. The van der Waals surface area contributed by atoms with Gasteiger partial charge in [0.25, 0.3) is 5.91 Å². The Kier molecular flexibility index (Phi) is 6.90. The molecule has 0 saturated carbocycles. The van der Waals surface area contributed by atoms with E-state index >= 15 is 0 Å². The summed E-state index contributed by atoms with van der Waals surface area (Å²) in [6, 6.07) is 16.9. The zero-order chi connectivity index (χ0) is 22.5. The van der Waals surface area contributed by atoms with E-state index in [1.165, 1.54) is 17.3 Å². The van der Waals surface area contributed by atoms with E-state index < -0.39 is 0 Å². The SMILES string of the molecule is CCn1c(SCC(=O)N2CCCc3ccccc32)nnc1C(C)NC(=O)c1ccccc1. The van der Waals surface area contributed by atoms with Gasteiger partial charge >= 0.3 is 0 Å². The van der Waals surface area contributed by atoms with E-state index in [9.17, 15) is 9.59 Å². The van der Waals surface area contributed by atoms with Crippen molar-refractivity contribution in [3.05, 3.63) is 71.5 Å². The minimum atomic E-state index is -0.311. The third-order valence-corrected chi connectivity index (χ3v) is 6.52. The van der Waals surface area contributed by atoms with Gasteiger partial charge in [0.15, 0.2) is 11.0 Å². The van der Waals surface area contributed by atoms with Crippen molar-refractivity contribution in [1.29, 1.82) is 0 Å². The van der Waals surface area contributed by atoms with Crippen molar-refractivity contribution in [2.75, 3.05) is 17.2 Å². The van der Waals surface area contributed by atoms with Crippen molar-refractivity contribution < 1.29 is 9.59 Å². The van der Waals surface area contributed by atoms with Crippen LogP contribution in [0.4, 0.5) is 5.69 Å². The average Bonchev–Trinajstić information content (AvgIpc) is 3.25. The molecule has 4 rings (SSSR count). The van der Waals surface area contributed by atoms with Gasteiger partial charge in [-0.3, -0.25) is 9.59 Å². The number of benzene rings is 2. The van der Waals surface area contributed by atoms with Crippen molar-refractivity contribution in [2.45, 2.75) is 44.4 Å². The van der Waals surface area contributed by atoms with E-state index in [0.29, 0.717) is 23.1 Å². The number of nitrogens with one attached hydrogen (secondary N) is 1. The van der Waals surface area contributed by atoms with Gasteiger partial charge in [-0.25, -0.2) is 0 Å². The number of aromatic nitrogens is 3. The lowest BCUT2D eigenvalue weighted by Crippen LogP contribution is -2.36. The van der Waals surface area contributed by atoms with Crippen LogP contribution in [0.25, 0.3) is 0 Å². The molecular weight excluding hydrogens is 422 g/mol. The molecule has 0 spiro atoms. The normalized spacial score (nSPS) is 14.0. The first kappa shape index (κ1) is 22.1. The van der Waals surface area contributed by atoms with Crippen LogP contribution >= 0.6 is 11.8 Å². The van der Waals surface area contributed by atoms with Crippen molar-refractivity contribution in [1.82, 2.24) is 20.1 Å². The fraction of sp³-hybridized carbons (Fsp3) is 0.333. The molecule has 1 aliphatic rings. The molecule has 0 radical (unpaired) electrons. The van der Waals surface area contributed by atoms with Gasteiger partial charge in [-0.05, 0) is 50.5 Å². The molecule has 0 bridgehead atoms. The Morgan fingerprint density at radius 3 is 2.62 bits per heavy atom. The molecule has 1 unspecified atom stereocenters. The number of aryl methyl sites for hydroxylation is 1. The molecule has 8 heteroatoms. The van der Waals surface area contributed by atoms with E-state index in [-0.39, 0.29) is 23.6 Å². The van der Waals surface area contributed by atoms with Gasteiger partial charge in [0, 0.05) is 24.3 Å². The Hall–Kier alpha value is -3.13. The van der Waals surface area contributed by atoms with Gasteiger partial charge in [0.05, 0.1) is 11.8 Å². The van der Waals surface area contributed by atoms with Gasteiger partial charge < -0.3 is 14.8 Å². The summed E-state index contributed by atoms with van der Waals surface area (Å²) in [5, 5.41) is 12.3. The van der Waals surface area contributed by atoms with E-state index in [1.54, 1.807) is 12.1 Å². The highest BCUT2D eigenvalue weighted by Gasteiger charge is 2.24. The van der Waals surface area contributed by atoms with E-state index in [4.69, 9.17) is 0 Å². The fourth-order valence-electron chi connectivity index (χ4n) is 3.96. The smallest absolute Gasteiger partial charge is 0.251 e. The van der Waals surface area contributed by atoms with Gasteiger partial charge in [0.1, 0.15) is 0 Å². The molecule has 1 aromatic heterocycles. The van der Waals surface area contributed by atoms with Crippen molar-refractivity contribution in [2.24, 2.45) is 0 Å². The molecule has 0 saturated heterocycles. The van der Waals surface area contributed by atoms with E-state index in [1.807, 2.05) is 59.7 Å². The third kappa shape index (κ3) is 4.70. The number of fused-ring (bicyclic) bond motifs is 1. The summed E-state index contributed by atoms with van der Waals surface area (Å²) in [4.78, 5) is 27.3. The van der Waals surface area contributed by atoms with Crippen LogP contribution in [0.1, 0.15) is 48.1 Å². The highest BCUT2D eigenvalue weighted by Crippen LogP contribution is 2.28. The monoisotopic (exact) mass is 449 g/mol. The number of hydrogen-bond donors (Lipinski definition) is 1. The van der Waals surface area contributed by atoms with Crippen LogP contribution in [-0.4, -0.2) is 38.9 Å². The molecular formula is C24H27N5O2S. The number of hydrogen-bond acceptors (Lipinski definition) is 5. The first-order valence-electron chi connectivity index (χ1n) is 10.9. The molecule has 2 heterocycles. The number of carbonyl (C=O) groups excluding carboxylic acids is 2. The summed E-state index contributed by atoms with van der Waals surface area (Å²) in [7, 11) is 0. The molecule has 3 aromatic rings. The number of para-hydroxylation sites is 1. The van der Waals surface area contributed by atoms with Gasteiger partial charge in [-0.1, -0.05) is 48.2 Å². The predicted octanol–water partition coefficient (Wildman–Crippen LogP) is 3.86. The maximum Gasteiger partial charge on any atom is 0.251 e. The highest BCUT2D eigenvalue weighted by atomic mass is 32.2. The largest absolute Gasteiger partial charge is 0.342 e. The summed E-state index contributed by atoms with van der Waals surface area (Å²) < 4.78 is 1.96. The second-order valence-corrected chi connectivity index (χ2v) is 8.66. The van der Waals surface area contributed by atoms with Gasteiger partial charge in [-0.2, -0.15) is 0 Å². The average molecular weight is 450 g/mol. The van der Waals surface area contributed by atoms with Crippen molar-refractivity contribution in [3.63, 3.8) is 0 Å². The van der Waals surface area contributed by atoms with Gasteiger partial charge in [-0.15, -0.1) is 10.2 Å². The predicted molar refractivity (Wildman–Crippen MR) is 126 cm³/mol. The molecule has 1 atom stereocenters. The highest BCUT2D eigenvalue weighted by molar-refractivity contribution is 7.99. The van der Waals surface area contributed by atoms with Crippen LogP contribution in [0.3, 0.4) is 0 Å². The standard InChI is InChI=1S/C24H27N5O2S/c1-3-28-22(17(2)25-23(31)19-11-5-4-6-12-19)26-27-24(28)32-16-21(30)29-15-9-13-18-10-7-8-14-20(18)29/h4-8,10-12,14,17H,3,9,13,15-16H2,1-2H3,(H,25,31). The molecule has 1 N–H and O–H groups in total. The maximum absolute atomic E-state index is 13.0. The summed E-state index contributed by atoms with van der Waals surface area (Å²) >= 11 is 1.39. The van der Waals surface area contributed by atoms with E-state index in [2.05, 4.69) is 21.6 Å². The number of thioether (sulfide) groups is 1. The molecule has 2 amide bonds. The van der Waals surface area contributed by atoms with Gasteiger partial charge in [0.2, 0.25) is 5.91 Å². The number of rotatable bonds is 7. The van der Waals surface area contributed by atoms with E-state index in [0.717, 1.165) is 25.1 Å². The van der Waals surface area contributed by atoms with Crippen LogP contribution in [0.2, 0.25) is 0 Å². The van der Waals surface area contributed by atoms with Crippen LogP contribution < -0.4 is 10.2 Å². The van der Waals surface area contributed by atoms with Crippen LogP contribution in [0, 0.1) is 0 Å². The summed E-state index contributed by atoms with van der Waals surface area (Å²) in [5.41, 5.74) is 2.84. The lowest BCUT2D eigenvalue weighted by Gasteiger charge is -2.29. The van der Waals surface area contributed by atoms with Crippen molar-refractivity contribution in [3.8, 4) is 0 Å². The fourth-order valence-corrected chi connectivity index (χ4v) is 4.84. The Morgan fingerprint density at radius 1 is 1.09 bits per heavy atom.